The Labute approximate surface area is 175 Å². The van der Waals surface area contributed by atoms with Gasteiger partial charge in [0.05, 0.1) is 16.5 Å². The van der Waals surface area contributed by atoms with Crippen LogP contribution in [0.4, 0.5) is 0 Å². The number of carbonyl (C=O) groups is 2. The largest absolute Gasteiger partial charge is 0.290 e. The summed E-state index contributed by atoms with van der Waals surface area (Å²) >= 11 is 3.14. The Morgan fingerprint density at radius 2 is 1.83 bits per heavy atom. The predicted octanol–water partition coefficient (Wildman–Crippen LogP) is 3.26. The van der Waals surface area contributed by atoms with Gasteiger partial charge in [0.25, 0.3) is 17.4 Å². The summed E-state index contributed by atoms with van der Waals surface area (Å²) in [5.41, 5.74) is 2.17. The summed E-state index contributed by atoms with van der Waals surface area (Å²) in [7, 11) is 1.76. The molecule has 0 bridgehead atoms. The lowest BCUT2D eigenvalue weighted by molar-refractivity contribution is 0.0655. The number of aryl methyl sites for hydroxylation is 2. The molecular weight excluding hydrogens is 406 g/mol. The fourth-order valence-electron chi connectivity index (χ4n) is 4.06. The van der Waals surface area contributed by atoms with Crippen LogP contribution in [0.15, 0.2) is 34.2 Å². The number of amides is 2. The fraction of sp³-hybridized carbons (Fsp3) is 0.333. The third-order valence-corrected chi connectivity index (χ3v) is 7.84. The lowest BCUT2D eigenvalue weighted by Crippen LogP contribution is -2.31. The number of imide groups is 1. The van der Waals surface area contributed by atoms with E-state index in [2.05, 4.69) is 0 Å². The van der Waals surface area contributed by atoms with E-state index in [0.29, 0.717) is 35.0 Å². The molecule has 2 amide bonds. The summed E-state index contributed by atoms with van der Waals surface area (Å²) in [6, 6.07) is 6.92. The molecule has 148 valence electrons. The Hall–Kier alpha value is -2.45. The van der Waals surface area contributed by atoms with Crippen molar-refractivity contribution in [2.45, 2.75) is 30.8 Å². The molecule has 0 saturated heterocycles. The molecular formula is C21H19N3O3S2. The molecule has 1 aromatic carbocycles. The Balaban J connectivity index is 1.28. The van der Waals surface area contributed by atoms with Crippen molar-refractivity contribution in [2.24, 2.45) is 7.05 Å². The third kappa shape index (κ3) is 2.93. The van der Waals surface area contributed by atoms with Crippen LogP contribution in [0.2, 0.25) is 0 Å². The van der Waals surface area contributed by atoms with Crippen molar-refractivity contribution in [3.63, 3.8) is 0 Å². The van der Waals surface area contributed by atoms with Crippen LogP contribution in [0.5, 0.6) is 0 Å². The van der Waals surface area contributed by atoms with Crippen molar-refractivity contribution in [2.75, 3.05) is 12.3 Å². The van der Waals surface area contributed by atoms with E-state index in [1.165, 1.54) is 27.1 Å². The smallest absolute Gasteiger partial charge is 0.262 e. The zero-order valence-electron chi connectivity index (χ0n) is 15.9. The SMILES string of the molecule is Cn1c(SCCCN2C(=O)c3ccccc3C2=O)nc2sc3c(c2c1=O)CCC3. The Morgan fingerprint density at radius 3 is 2.55 bits per heavy atom. The zero-order chi connectivity index (χ0) is 20.1. The number of carbonyl (C=O) groups excluding carboxylic acids is 2. The summed E-state index contributed by atoms with van der Waals surface area (Å²) in [5.74, 6) is 0.218. The normalized spacial score (nSPS) is 15.4. The minimum absolute atomic E-state index is 0.0252. The molecule has 0 N–H and O–H groups in total. The van der Waals surface area contributed by atoms with Crippen molar-refractivity contribution < 1.29 is 9.59 Å². The van der Waals surface area contributed by atoms with E-state index in [-0.39, 0.29) is 17.4 Å². The summed E-state index contributed by atoms with van der Waals surface area (Å²) in [5, 5.41) is 1.48. The molecule has 3 aromatic rings. The molecule has 6 nitrogen and oxygen atoms in total. The average Bonchev–Trinajstić information content (AvgIpc) is 3.37. The van der Waals surface area contributed by atoms with Crippen LogP contribution in [-0.4, -0.2) is 38.6 Å². The van der Waals surface area contributed by atoms with Gasteiger partial charge >= 0.3 is 0 Å². The highest BCUT2D eigenvalue weighted by Gasteiger charge is 2.34. The van der Waals surface area contributed by atoms with E-state index >= 15 is 0 Å². The van der Waals surface area contributed by atoms with Gasteiger partial charge in [-0.3, -0.25) is 23.9 Å². The first-order valence-electron chi connectivity index (χ1n) is 9.65. The molecule has 0 unspecified atom stereocenters. The predicted molar refractivity (Wildman–Crippen MR) is 114 cm³/mol. The number of hydrogen-bond acceptors (Lipinski definition) is 6. The van der Waals surface area contributed by atoms with Gasteiger partial charge in [0.2, 0.25) is 0 Å². The molecule has 0 atom stereocenters. The molecule has 2 aliphatic rings. The summed E-state index contributed by atoms with van der Waals surface area (Å²) in [6.07, 6.45) is 3.78. The van der Waals surface area contributed by atoms with Gasteiger partial charge in [-0.2, -0.15) is 0 Å². The van der Waals surface area contributed by atoms with Crippen molar-refractivity contribution in [3.05, 3.63) is 56.2 Å². The van der Waals surface area contributed by atoms with Gasteiger partial charge in [0, 0.05) is 24.2 Å². The number of fused-ring (bicyclic) bond motifs is 4. The molecule has 8 heteroatoms. The molecule has 1 aliphatic heterocycles. The van der Waals surface area contributed by atoms with Gasteiger partial charge < -0.3 is 0 Å². The second-order valence-electron chi connectivity index (χ2n) is 7.31. The van der Waals surface area contributed by atoms with Gasteiger partial charge in [-0.15, -0.1) is 11.3 Å². The van der Waals surface area contributed by atoms with Crippen molar-refractivity contribution in [1.82, 2.24) is 14.5 Å². The average molecular weight is 426 g/mol. The molecule has 1 aliphatic carbocycles. The lowest BCUT2D eigenvalue weighted by Gasteiger charge is -2.13. The molecule has 0 radical (unpaired) electrons. The molecule has 2 aromatic heterocycles. The minimum atomic E-state index is -0.226. The lowest BCUT2D eigenvalue weighted by atomic mass is 10.1. The van der Waals surface area contributed by atoms with E-state index in [4.69, 9.17) is 4.98 Å². The van der Waals surface area contributed by atoms with Gasteiger partial charge in [-0.1, -0.05) is 23.9 Å². The van der Waals surface area contributed by atoms with E-state index in [0.717, 1.165) is 29.5 Å². The molecule has 29 heavy (non-hydrogen) atoms. The Bertz CT molecular complexity index is 1190. The number of aromatic nitrogens is 2. The van der Waals surface area contributed by atoms with Gasteiger partial charge in [0.15, 0.2) is 5.16 Å². The summed E-state index contributed by atoms with van der Waals surface area (Å²) < 4.78 is 1.63. The molecule has 0 fully saturated rings. The maximum absolute atomic E-state index is 12.8. The third-order valence-electron chi connectivity index (χ3n) is 5.54. The summed E-state index contributed by atoms with van der Waals surface area (Å²) in [4.78, 5) is 45.9. The van der Waals surface area contributed by atoms with Crippen LogP contribution < -0.4 is 5.56 Å². The second kappa shape index (κ2) is 7.11. The topological polar surface area (TPSA) is 72.3 Å². The van der Waals surface area contributed by atoms with Crippen LogP contribution >= 0.6 is 23.1 Å². The number of thioether (sulfide) groups is 1. The van der Waals surface area contributed by atoms with Crippen LogP contribution in [0, 0.1) is 0 Å². The van der Waals surface area contributed by atoms with Gasteiger partial charge in [-0.05, 0) is 43.4 Å². The first-order valence-corrected chi connectivity index (χ1v) is 11.5. The second-order valence-corrected chi connectivity index (χ2v) is 9.45. The number of benzene rings is 1. The van der Waals surface area contributed by atoms with E-state index in [1.807, 2.05) is 0 Å². The number of thiophene rings is 1. The number of rotatable bonds is 5. The standard InChI is InChI=1S/C21H19N3O3S2/c1-23-20(27)16-14-8-4-9-15(14)29-17(16)22-21(23)28-11-5-10-24-18(25)12-6-2-3-7-13(12)19(24)26/h2-3,6-7H,4-5,8-11H2,1H3. The molecule has 3 heterocycles. The molecule has 0 spiro atoms. The quantitative estimate of drug-likeness (QED) is 0.272. The van der Waals surface area contributed by atoms with E-state index < -0.39 is 0 Å². The highest BCUT2D eigenvalue weighted by molar-refractivity contribution is 7.99. The zero-order valence-corrected chi connectivity index (χ0v) is 17.6. The Morgan fingerprint density at radius 1 is 1.10 bits per heavy atom. The number of hydrogen-bond donors (Lipinski definition) is 0. The van der Waals surface area contributed by atoms with Crippen LogP contribution in [0.25, 0.3) is 10.2 Å². The molecule has 0 saturated carbocycles. The van der Waals surface area contributed by atoms with Gasteiger partial charge in [0.1, 0.15) is 4.83 Å². The maximum atomic E-state index is 12.8. The first kappa shape index (κ1) is 18.6. The van der Waals surface area contributed by atoms with Crippen molar-refractivity contribution in [3.8, 4) is 0 Å². The monoisotopic (exact) mass is 425 g/mol. The van der Waals surface area contributed by atoms with Crippen LogP contribution in [-0.2, 0) is 19.9 Å². The fourth-order valence-corrected chi connectivity index (χ4v) is 6.26. The first-order chi connectivity index (χ1) is 14.1. The summed E-state index contributed by atoms with van der Waals surface area (Å²) in [6.45, 7) is 0.364. The van der Waals surface area contributed by atoms with Gasteiger partial charge in [-0.25, -0.2) is 4.98 Å². The van der Waals surface area contributed by atoms with Crippen LogP contribution in [0.3, 0.4) is 0 Å². The minimum Gasteiger partial charge on any atom is -0.290 e. The van der Waals surface area contributed by atoms with Crippen molar-refractivity contribution in [1.29, 1.82) is 0 Å². The maximum Gasteiger partial charge on any atom is 0.262 e. The highest BCUT2D eigenvalue weighted by atomic mass is 32.2. The number of nitrogens with zero attached hydrogens (tertiary/aromatic N) is 3. The van der Waals surface area contributed by atoms with Crippen molar-refractivity contribution >= 4 is 45.1 Å². The van der Waals surface area contributed by atoms with E-state index in [1.54, 1.807) is 47.2 Å². The van der Waals surface area contributed by atoms with Crippen LogP contribution in [0.1, 0.15) is 44.0 Å². The molecule has 5 rings (SSSR count). The Kier molecular flexibility index (Phi) is 4.55. The van der Waals surface area contributed by atoms with E-state index in [9.17, 15) is 14.4 Å². The highest BCUT2D eigenvalue weighted by Crippen LogP contribution is 2.35.